The molecule has 1 amide bonds. The minimum Gasteiger partial charge on any atom is -0.353 e. The van der Waals surface area contributed by atoms with Crippen molar-refractivity contribution >= 4 is 21.6 Å². The smallest absolute Gasteiger partial charge is 0.254 e. The van der Waals surface area contributed by atoms with Crippen LogP contribution in [-0.4, -0.2) is 61.6 Å². The van der Waals surface area contributed by atoms with Gasteiger partial charge in [-0.2, -0.15) is 0 Å². The van der Waals surface area contributed by atoms with Crippen molar-refractivity contribution in [3.63, 3.8) is 0 Å². The molecule has 2 heterocycles. The predicted molar refractivity (Wildman–Crippen MR) is 111 cm³/mol. The standard InChI is InChI=1S/C21H26N4O3S/c1-15-22-19-9-4-3-8-18(19)20(23-15)24-10-12-25(13-11-24)21(26)16-6-5-7-17(14-16)29(2,27)28/h5-7,14H,3-4,8-13H2,1-2H3. The lowest BCUT2D eigenvalue weighted by Gasteiger charge is -2.37. The van der Waals surface area contributed by atoms with Gasteiger partial charge in [-0.05, 0) is 50.8 Å². The third-order valence-corrected chi connectivity index (χ3v) is 6.76. The van der Waals surface area contributed by atoms with Gasteiger partial charge < -0.3 is 9.80 Å². The summed E-state index contributed by atoms with van der Waals surface area (Å²) in [5.41, 5.74) is 2.86. The highest BCUT2D eigenvalue weighted by Gasteiger charge is 2.27. The molecule has 1 aromatic heterocycles. The number of hydrogen-bond acceptors (Lipinski definition) is 6. The molecule has 29 heavy (non-hydrogen) atoms. The van der Waals surface area contributed by atoms with Crippen LogP contribution in [-0.2, 0) is 22.7 Å². The van der Waals surface area contributed by atoms with Gasteiger partial charge in [0.25, 0.3) is 5.91 Å². The topological polar surface area (TPSA) is 83.5 Å². The minimum absolute atomic E-state index is 0.129. The highest BCUT2D eigenvalue weighted by Crippen LogP contribution is 2.28. The van der Waals surface area contributed by atoms with Crippen LogP contribution in [0.5, 0.6) is 0 Å². The predicted octanol–water partition coefficient (Wildman–Crippen LogP) is 2.03. The van der Waals surface area contributed by atoms with E-state index in [4.69, 9.17) is 4.98 Å². The first kappa shape index (κ1) is 19.8. The molecule has 154 valence electrons. The largest absolute Gasteiger partial charge is 0.353 e. The van der Waals surface area contributed by atoms with Gasteiger partial charge in [-0.15, -0.1) is 0 Å². The Bertz CT molecular complexity index is 1040. The van der Waals surface area contributed by atoms with Crippen LogP contribution in [0.2, 0.25) is 0 Å². The molecule has 1 fully saturated rings. The van der Waals surface area contributed by atoms with Crippen LogP contribution in [0.1, 0.15) is 40.3 Å². The molecule has 1 aromatic carbocycles. The second-order valence-corrected chi connectivity index (χ2v) is 9.82. The number of amides is 1. The first-order valence-electron chi connectivity index (χ1n) is 10.0. The molecule has 0 bridgehead atoms. The van der Waals surface area contributed by atoms with Gasteiger partial charge in [-0.3, -0.25) is 4.79 Å². The SMILES string of the molecule is Cc1nc2c(c(N3CCN(C(=O)c4cccc(S(C)(=O)=O)c4)CC3)n1)CCCC2. The quantitative estimate of drug-likeness (QED) is 0.764. The molecule has 0 spiro atoms. The van der Waals surface area contributed by atoms with Crippen molar-refractivity contribution in [1.82, 2.24) is 14.9 Å². The third-order valence-electron chi connectivity index (χ3n) is 5.65. The van der Waals surface area contributed by atoms with Crippen molar-refractivity contribution in [2.45, 2.75) is 37.5 Å². The van der Waals surface area contributed by atoms with Crippen LogP contribution in [0.25, 0.3) is 0 Å². The molecule has 8 heteroatoms. The first-order chi connectivity index (χ1) is 13.8. The molecule has 0 N–H and O–H groups in total. The van der Waals surface area contributed by atoms with E-state index in [1.54, 1.807) is 17.0 Å². The number of carbonyl (C=O) groups excluding carboxylic acids is 1. The molecule has 0 radical (unpaired) electrons. The summed E-state index contributed by atoms with van der Waals surface area (Å²) >= 11 is 0. The van der Waals surface area contributed by atoms with E-state index in [0.717, 1.165) is 30.7 Å². The van der Waals surface area contributed by atoms with Crippen LogP contribution >= 0.6 is 0 Å². The Labute approximate surface area is 171 Å². The van der Waals surface area contributed by atoms with E-state index in [2.05, 4.69) is 9.88 Å². The maximum atomic E-state index is 12.9. The molecule has 2 aliphatic rings. The molecular formula is C21H26N4O3S. The highest BCUT2D eigenvalue weighted by molar-refractivity contribution is 7.90. The second-order valence-electron chi connectivity index (χ2n) is 7.81. The van der Waals surface area contributed by atoms with E-state index in [0.29, 0.717) is 31.7 Å². The molecule has 1 aliphatic carbocycles. The van der Waals surface area contributed by atoms with Gasteiger partial charge in [0.1, 0.15) is 11.6 Å². The third kappa shape index (κ3) is 4.12. The molecule has 1 aliphatic heterocycles. The van der Waals surface area contributed by atoms with Crippen LogP contribution < -0.4 is 4.90 Å². The van der Waals surface area contributed by atoms with Crippen molar-refractivity contribution in [2.24, 2.45) is 0 Å². The van der Waals surface area contributed by atoms with Gasteiger partial charge in [-0.25, -0.2) is 18.4 Å². The highest BCUT2D eigenvalue weighted by atomic mass is 32.2. The molecular weight excluding hydrogens is 388 g/mol. The summed E-state index contributed by atoms with van der Waals surface area (Å²) in [4.78, 5) is 26.5. The lowest BCUT2D eigenvalue weighted by molar-refractivity contribution is 0.0746. The van der Waals surface area contributed by atoms with Gasteiger partial charge in [0.2, 0.25) is 0 Å². The van der Waals surface area contributed by atoms with Crippen molar-refractivity contribution in [3.8, 4) is 0 Å². The first-order valence-corrected chi connectivity index (χ1v) is 11.9. The van der Waals surface area contributed by atoms with E-state index in [1.165, 1.54) is 36.2 Å². The number of carbonyl (C=O) groups is 1. The molecule has 7 nitrogen and oxygen atoms in total. The van der Waals surface area contributed by atoms with Gasteiger partial charge in [0.15, 0.2) is 9.84 Å². The van der Waals surface area contributed by atoms with Crippen LogP contribution in [0, 0.1) is 6.92 Å². The Morgan fingerprint density at radius 3 is 2.48 bits per heavy atom. The fraction of sp³-hybridized carbons (Fsp3) is 0.476. The van der Waals surface area contributed by atoms with Gasteiger partial charge in [-0.1, -0.05) is 6.07 Å². The average Bonchev–Trinajstić information content (AvgIpc) is 2.72. The summed E-state index contributed by atoms with van der Waals surface area (Å²) in [6, 6.07) is 6.28. The summed E-state index contributed by atoms with van der Waals surface area (Å²) in [7, 11) is -3.34. The average molecular weight is 415 g/mol. The van der Waals surface area contributed by atoms with Gasteiger partial charge in [0, 0.05) is 49.3 Å². The van der Waals surface area contributed by atoms with Crippen molar-refractivity contribution in [2.75, 3.05) is 37.3 Å². The Morgan fingerprint density at radius 2 is 1.76 bits per heavy atom. The summed E-state index contributed by atoms with van der Waals surface area (Å²) in [6.45, 7) is 4.52. The number of fused-ring (bicyclic) bond motifs is 1. The Morgan fingerprint density at radius 1 is 1.03 bits per heavy atom. The molecule has 0 unspecified atom stereocenters. The summed E-state index contributed by atoms with van der Waals surface area (Å²) in [5, 5.41) is 0. The minimum atomic E-state index is -3.34. The monoisotopic (exact) mass is 414 g/mol. The van der Waals surface area contributed by atoms with Gasteiger partial charge in [0.05, 0.1) is 4.90 Å². The van der Waals surface area contributed by atoms with Crippen molar-refractivity contribution in [1.29, 1.82) is 0 Å². The van der Waals surface area contributed by atoms with Crippen LogP contribution in [0.15, 0.2) is 29.2 Å². The van der Waals surface area contributed by atoms with Gasteiger partial charge >= 0.3 is 0 Å². The maximum Gasteiger partial charge on any atom is 0.254 e. The fourth-order valence-corrected chi connectivity index (χ4v) is 4.79. The summed E-state index contributed by atoms with van der Waals surface area (Å²) in [5.74, 6) is 1.70. The Balaban J connectivity index is 1.49. The van der Waals surface area contributed by atoms with E-state index in [-0.39, 0.29) is 10.8 Å². The molecule has 0 saturated carbocycles. The Kier molecular flexibility index (Phi) is 5.29. The number of nitrogens with zero attached hydrogens (tertiary/aromatic N) is 4. The Hall–Kier alpha value is -2.48. The van der Waals surface area contributed by atoms with Crippen LogP contribution in [0.3, 0.4) is 0 Å². The van der Waals surface area contributed by atoms with Crippen molar-refractivity contribution in [3.05, 3.63) is 46.9 Å². The fourth-order valence-electron chi connectivity index (χ4n) is 4.12. The van der Waals surface area contributed by atoms with E-state index in [9.17, 15) is 13.2 Å². The number of piperazine rings is 1. The number of aryl methyl sites for hydroxylation is 2. The summed E-state index contributed by atoms with van der Waals surface area (Å²) < 4.78 is 23.6. The number of hydrogen-bond donors (Lipinski definition) is 0. The molecule has 1 saturated heterocycles. The number of benzene rings is 1. The van der Waals surface area contributed by atoms with E-state index in [1.807, 2.05) is 6.92 Å². The molecule has 0 atom stereocenters. The number of aromatic nitrogens is 2. The van der Waals surface area contributed by atoms with Crippen LogP contribution in [0.4, 0.5) is 5.82 Å². The zero-order chi connectivity index (χ0) is 20.6. The molecule has 4 rings (SSSR count). The number of sulfone groups is 1. The van der Waals surface area contributed by atoms with Crippen molar-refractivity contribution < 1.29 is 13.2 Å². The molecule has 2 aromatic rings. The second kappa shape index (κ2) is 7.74. The number of rotatable bonds is 3. The normalized spacial score (nSPS) is 17.2. The van der Waals surface area contributed by atoms with E-state index >= 15 is 0 Å². The zero-order valence-electron chi connectivity index (χ0n) is 16.9. The summed E-state index contributed by atoms with van der Waals surface area (Å²) in [6.07, 6.45) is 5.53. The van der Waals surface area contributed by atoms with E-state index < -0.39 is 9.84 Å². The lowest BCUT2D eigenvalue weighted by Crippen LogP contribution is -2.49. The maximum absolute atomic E-state index is 12.9. The number of anilines is 1. The zero-order valence-corrected chi connectivity index (χ0v) is 17.7. The lowest BCUT2D eigenvalue weighted by atomic mass is 9.96.